The van der Waals surface area contributed by atoms with Crippen molar-refractivity contribution < 1.29 is 4.79 Å². The smallest absolute Gasteiger partial charge is 0.321 e. The van der Waals surface area contributed by atoms with Crippen LogP contribution in [0.4, 0.5) is 10.5 Å². The first-order chi connectivity index (χ1) is 11.2. The Kier molecular flexibility index (Phi) is 5.55. The second-order valence-corrected chi connectivity index (χ2v) is 7.21. The zero-order valence-corrected chi connectivity index (χ0v) is 14.2. The van der Waals surface area contributed by atoms with Gasteiger partial charge in [0.15, 0.2) is 0 Å². The van der Waals surface area contributed by atoms with Gasteiger partial charge in [0.05, 0.1) is 0 Å². The molecule has 4 nitrogen and oxygen atoms in total. The number of piperidine rings is 2. The molecule has 126 valence electrons. The van der Waals surface area contributed by atoms with Gasteiger partial charge in [0.1, 0.15) is 0 Å². The highest BCUT2D eigenvalue weighted by molar-refractivity contribution is 5.89. The van der Waals surface area contributed by atoms with Crippen LogP contribution in [0.15, 0.2) is 30.3 Å². The number of nitrogens with zero attached hydrogens (tertiary/aromatic N) is 2. The van der Waals surface area contributed by atoms with Crippen molar-refractivity contribution in [3.63, 3.8) is 0 Å². The normalized spacial score (nSPS) is 21.3. The molecule has 2 saturated heterocycles. The fourth-order valence-electron chi connectivity index (χ4n) is 3.65. The fourth-order valence-corrected chi connectivity index (χ4v) is 3.65. The molecule has 23 heavy (non-hydrogen) atoms. The summed E-state index contributed by atoms with van der Waals surface area (Å²) in [5.41, 5.74) is 0.877. The highest BCUT2D eigenvalue weighted by Gasteiger charge is 2.25. The third kappa shape index (κ3) is 4.71. The van der Waals surface area contributed by atoms with Gasteiger partial charge in [0, 0.05) is 25.3 Å². The Morgan fingerprint density at radius 2 is 1.70 bits per heavy atom. The van der Waals surface area contributed by atoms with Crippen LogP contribution in [0, 0.1) is 11.8 Å². The van der Waals surface area contributed by atoms with E-state index in [1.807, 2.05) is 35.2 Å². The van der Waals surface area contributed by atoms with Crippen molar-refractivity contribution in [3.05, 3.63) is 30.3 Å². The molecule has 1 aromatic rings. The van der Waals surface area contributed by atoms with Crippen molar-refractivity contribution in [1.82, 2.24) is 9.80 Å². The quantitative estimate of drug-likeness (QED) is 0.924. The average molecular weight is 315 g/mol. The number of anilines is 1. The van der Waals surface area contributed by atoms with Gasteiger partial charge in [-0.2, -0.15) is 0 Å². The van der Waals surface area contributed by atoms with Crippen molar-refractivity contribution >= 4 is 11.7 Å². The van der Waals surface area contributed by atoms with E-state index in [4.69, 9.17) is 0 Å². The summed E-state index contributed by atoms with van der Waals surface area (Å²) in [6, 6.07) is 9.76. The Labute approximate surface area is 139 Å². The Hall–Kier alpha value is -1.55. The fraction of sp³-hybridized carbons (Fsp3) is 0.632. The summed E-state index contributed by atoms with van der Waals surface area (Å²) in [7, 11) is 0. The molecule has 2 aliphatic rings. The summed E-state index contributed by atoms with van der Waals surface area (Å²) in [4.78, 5) is 16.9. The van der Waals surface area contributed by atoms with Crippen LogP contribution in [0.25, 0.3) is 0 Å². The Bertz CT molecular complexity index is 489. The predicted octanol–water partition coefficient (Wildman–Crippen LogP) is 3.66. The lowest BCUT2D eigenvalue weighted by molar-refractivity contribution is 0.130. The van der Waals surface area contributed by atoms with Crippen molar-refractivity contribution in [1.29, 1.82) is 0 Å². The Morgan fingerprint density at radius 1 is 1.04 bits per heavy atom. The predicted molar refractivity (Wildman–Crippen MR) is 94.6 cm³/mol. The summed E-state index contributed by atoms with van der Waals surface area (Å²) in [5.74, 6) is 1.65. The lowest BCUT2D eigenvalue weighted by Crippen LogP contribution is -2.44. The van der Waals surface area contributed by atoms with Crippen molar-refractivity contribution in [2.24, 2.45) is 11.8 Å². The van der Waals surface area contributed by atoms with Crippen molar-refractivity contribution in [2.45, 2.75) is 32.6 Å². The maximum Gasteiger partial charge on any atom is 0.321 e. The molecule has 3 rings (SSSR count). The molecule has 0 spiro atoms. The van der Waals surface area contributed by atoms with E-state index >= 15 is 0 Å². The van der Waals surface area contributed by atoms with Gasteiger partial charge in [-0.1, -0.05) is 25.1 Å². The summed E-state index contributed by atoms with van der Waals surface area (Å²) >= 11 is 0. The molecule has 4 heteroatoms. The van der Waals surface area contributed by atoms with Crippen LogP contribution in [-0.2, 0) is 0 Å². The van der Waals surface area contributed by atoms with E-state index in [9.17, 15) is 4.79 Å². The van der Waals surface area contributed by atoms with Crippen LogP contribution < -0.4 is 5.32 Å². The van der Waals surface area contributed by atoms with E-state index < -0.39 is 0 Å². The highest BCUT2D eigenvalue weighted by Crippen LogP contribution is 2.22. The first-order valence-corrected chi connectivity index (χ1v) is 9.04. The first kappa shape index (κ1) is 16.3. The van der Waals surface area contributed by atoms with Gasteiger partial charge in [0.2, 0.25) is 0 Å². The van der Waals surface area contributed by atoms with Gasteiger partial charge in [-0.25, -0.2) is 4.79 Å². The van der Waals surface area contributed by atoms with E-state index in [2.05, 4.69) is 17.1 Å². The SMILES string of the molecule is CC1CCN(CC2CCN(C(=O)Nc3ccccc3)CC2)CC1. The molecule has 1 aromatic carbocycles. The largest absolute Gasteiger partial charge is 0.325 e. The van der Waals surface area contributed by atoms with Crippen LogP contribution in [0.3, 0.4) is 0 Å². The second kappa shape index (κ2) is 7.82. The maximum absolute atomic E-state index is 12.3. The molecule has 2 fully saturated rings. The van der Waals surface area contributed by atoms with Crippen molar-refractivity contribution in [2.75, 3.05) is 38.0 Å². The van der Waals surface area contributed by atoms with Crippen LogP contribution in [0.2, 0.25) is 0 Å². The number of urea groups is 1. The lowest BCUT2D eigenvalue weighted by atomic mass is 9.93. The zero-order chi connectivity index (χ0) is 16.1. The molecule has 1 N–H and O–H groups in total. The maximum atomic E-state index is 12.3. The molecule has 0 atom stereocenters. The molecular formula is C19H29N3O. The van der Waals surface area contributed by atoms with Crippen LogP contribution in [0.5, 0.6) is 0 Å². The average Bonchev–Trinajstić information content (AvgIpc) is 2.58. The molecule has 0 unspecified atom stereocenters. The number of nitrogens with one attached hydrogen (secondary N) is 1. The van der Waals surface area contributed by atoms with Crippen molar-refractivity contribution in [3.8, 4) is 0 Å². The minimum absolute atomic E-state index is 0.0430. The number of carbonyl (C=O) groups is 1. The molecule has 2 aliphatic heterocycles. The minimum atomic E-state index is 0.0430. The Morgan fingerprint density at radius 3 is 2.35 bits per heavy atom. The second-order valence-electron chi connectivity index (χ2n) is 7.21. The number of benzene rings is 1. The topological polar surface area (TPSA) is 35.6 Å². The summed E-state index contributed by atoms with van der Waals surface area (Å²) in [5, 5.41) is 2.99. The van der Waals surface area contributed by atoms with E-state index in [1.165, 1.54) is 32.5 Å². The number of rotatable bonds is 3. The monoisotopic (exact) mass is 315 g/mol. The molecule has 0 radical (unpaired) electrons. The van der Waals surface area contributed by atoms with E-state index in [0.29, 0.717) is 0 Å². The lowest BCUT2D eigenvalue weighted by Gasteiger charge is -2.37. The number of carbonyl (C=O) groups excluding carboxylic acids is 1. The summed E-state index contributed by atoms with van der Waals surface area (Å²) < 4.78 is 0. The molecule has 0 aromatic heterocycles. The molecule has 2 heterocycles. The first-order valence-electron chi connectivity index (χ1n) is 9.04. The minimum Gasteiger partial charge on any atom is -0.325 e. The molecule has 0 saturated carbocycles. The van der Waals surface area contributed by atoms with Crippen LogP contribution in [-0.4, -0.2) is 48.6 Å². The van der Waals surface area contributed by atoms with Gasteiger partial charge >= 0.3 is 6.03 Å². The third-order valence-corrected chi connectivity index (χ3v) is 5.32. The highest BCUT2D eigenvalue weighted by atomic mass is 16.2. The number of likely N-dealkylation sites (tertiary alicyclic amines) is 2. The van der Waals surface area contributed by atoms with E-state index in [1.54, 1.807) is 0 Å². The van der Waals surface area contributed by atoms with E-state index in [0.717, 1.165) is 43.5 Å². The number of amides is 2. The van der Waals surface area contributed by atoms with Gasteiger partial charge in [-0.3, -0.25) is 0 Å². The number of para-hydroxylation sites is 1. The standard InChI is InChI=1S/C19H29N3O/c1-16-7-11-21(12-8-16)15-17-9-13-22(14-10-17)19(23)20-18-5-3-2-4-6-18/h2-6,16-17H,7-15H2,1H3,(H,20,23). The molecule has 2 amide bonds. The van der Waals surface area contributed by atoms with Crippen LogP contribution >= 0.6 is 0 Å². The number of hydrogen-bond donors (Lipinski definition) is 1. The molecular weight excluding hydrogens is 286 g/mol. The zero-order valence-electron chi connectivity index (χ0n) is 14.2. The van der Waals surface area contributed by atoms with Gasteiger partial charge in [-0.15, -0.1) is 0 Å². The van der Waals surface area contributed by atoms with E-state index in [-0.39, 0.29) is 6.03 Å². The summed E-state index contributed by atoms with van der Waals surface area (Å²) in [6.45, 7) is 7.87. The van der Waals surface area contributed by atoms with Gasteiger partial charge < -0.3 is 15.1 Å². The third-order valence-electron chi connectivity index (χ3n) is 5.32. The number of hydrogen-bond acceptors (Lipinski definition) is 2. The molecule has 0 bridgehead atoms. The summed E-state index contributed by atoms with van der Waals surface area (Å²) in [6.07, 6.45) is 4.96. The molecule has 0 aliphatic carbocycles. The Balaban J connectivity index is 1.40. The van der Waals surface area contributed by atoms with Gasteiger partial charge in [0.25, 0.3) is 0 Å². The van der Waals surface area contributed by atoms with Gasteiger partial charge in [-0.05, 0) is 62.7 Å². The van der Waals surface area contributed by atoms with Crippen LogP contribution in [0.1, 0.15) is 32.6 Å².